The highest BCUT2D eigenvalue weighted by Gasteiger charge is 2.36. The third kappa shape index (κ3) is 4.40. The zero-order chi connectivity index (χ0) is 22.8. The summed E-state index contributed by atoms with van der Waals surface area (Å²) in [5.74, 6) is 1.88. The fraction of sp³-hybridized carbons (Fsp3) is 0.348. The number of benzene rings is 2. The maximum Gasteiger partial charge on any atom is 0.294 e. The Kier molecular flexibility index (Phi) is 6.58. The molecule has 1 aliphatic rings. The number of nitrogens with zero attached hydrogens (tertiary/aromatic N) is 4. The van der Waals surface area contributed by atoms with Crippen molar-refractivity contribution < 1.29 is 14.3 Å². The molecule has 4 rings (SSSR count). The molecule has 1 aliphatic carbocycles. The predicted octanol–water partition coefficient (Wildman–Crippen LogP) is 4.96. The third-order valence-electron chi connectivity index (χ3n) is 5.41. The summed E-state index contributed by atoms with van der Waals surface area (Å²) in [6.45, 7) is 2.31. The number of ether oxygens (including phenoxy) is 2. The summed E-state index contributed by atoms with van der Waals surface area (Å²) in [4.78, 5) is 19.8. The second-order valence-corrected chi connectivity index (χ2v) is 8.34. The lowest BCUT2D eigenvalue weighted by atomic mass is 10.1. The van der Waals surface area contributed by atoms with E-state index in [2.05, 4.69) is 10.1 Å². The molecule has 32 heavy (non-hydrogen) atoms. The van der Waals surface area contributed by atoms with Crippen molar-refractivity contribution in [3.8, 4) is 17.2 Å². The zero-order valence-electron chi connectivity index (χ0n) is 18.1. The van der Waals surface area contributed by atoms with Crippen molar-refractivity contribution in [1.29, 1.82) is 0 Å². The van der Waals surface area contributed by atoms with Gasteiger partial charge in [0.25, 0.3) is 5.91 Å². The van der Waals surface area contributed by atoms with Crippen molar-refractivity contribution in [2.75, 3.05) is 14.2 Å². The van der Waals surface area contributed by atoms with Gasteiger partial charge in [0.2, 0.25) is 5.82 Å². The number of hydrogen-bond acceptors (Lipinski definition) is 5. The first-order valence-electron chi connectivity index (χ1n) is 10.4. The van der Waals surface area contributed by atoms with Crippen LogP contribution in [-0.4, -0.2) is 45.8 Å². The summed E-state index contributed by atoms with van der Waals surface area (Å²) in [5.41, 5.74) is 1.38. The Labute approximate surface area is 196 Å². The van der Waals surface area contributed by atoms with Gasteiger partial charge in [-0.3, -0.25) is 4.79 Å². The van der Waals surface area contributed by atoms with Crippen LogP contribution in [0, 0.1) is 0 Å². The molecule has 0 unspecified atom stereocenters. The van der Waals surface area contributed by atoms with Gasteiger partial charge >= 0.3 is 0 Å². The Hall–Kier alpha value is -2.77. The molecule has 0 radical (unpaired) electrons. The minimum absolute atomic E-state index is 0.117. The molecule has 0 bridgehead atoms. The van der Waals surface area contributed by atoms with E-state index in [1.165, 1.54) is 0 Å². The van der Waals surface area contributed by atoms with Gasteiger partial charge in [-0.25, -0.2) is 9.67 Å². The molecule has 9 heteroatoms. The summed E-state index contributed by atoms with van der Waals surface area (Å²) in [5, 5.41) is 5.39. The van der Waals surface area contributed by atoms with E-state index in [9.17, 15) is 4.79 Å². The lowest BCUT2D eigenvalue weighted by Crippen LogP contribution is -2.33. The Balaban J connectivity index is 1.69. The number of rotatable bonds is 8. The summed E-state index contributed by atoms with van der Waals surface area (Å²) >= 11 is 12.8. The van der Waals surface area contributed by atoms with E-state index in [4.69, 9.17) is 32.7 Å². The Morgan fingerprint density at radius 2 is 1.88 bits per heavy atom. The minimum Gasteiger partial charge on any atom is -0.497 e. The van der Waals surface area contributed by atoms with Gasteiger partial charge in [0.05, 0.1) is 30.8 Å². The van der Waals surface area contributed by atoms with Crippen molar-refractivity contribution in [3.63, 3.8) is 0 Å². The van der Waals surface area contributed by atoms with Crippen molar-refractivity contribution in [3.05, 3.63) is 63.7 Å². The van der Waals surface area contributed by atoms with Gasteiger partial charge in [-0.15, -0.1) is 5.10 Å². The van der Waals surface area contributed by atoms with Crippen LogP contribution >= 0.6 is 23.2 Å². The van der Waals surface area contributed by atoms with E-state index >= 15 is 0 Å². The Morgan fingerprint density at radius 3 is 2.47 bits per heavy atom. The Bertz CT molecular complexity index is 1120. The van der Waals surface area contributed by atoms with Crippen LogP contribution in [0.1, 0.15) is 41.8 Å². The highest BCUT2D eigenvalue weighted by Crippen LogP contribution is 2.33. The third-order valence-corrected chi connectivity index (χ3v) is 6.02. The first-order valence-corrected chi connectivity index (χ1v) is 11.1. The highest BCUT2D eigenvalue weighted by molar-refractivity contribution is 6.37. The molecule has 7 nitrogen and oxygen atoms in total. The topological polar surface area (TPSA) is 69.5 Å². The first-order chi connectivity index (χ1) is 15.5. The van der Waals surface area contributed by atoms with Crippen LogP contribution in [0.25, 0.3) is 5.69 Å². The SMILES string of the molecule is CCc1nc(C(=O)N(Cc2cc(OC)ccc2OC)C2CC2)nn1-c1c(Cl)cccc1Cl. The number of carbonyl (C=O) groups is 1. The van der Waals surface area contributed by atoms with E-state index in [1.54, 1.807) is 42.0 Å². The monoisotopic (exact) mass is 474 g/mol. The molecule has 0 atom stereocenters. The molecule has 168 valence electrons. The lowest BCUT2D eigenvalue weighted by molar-refractivity contribution is 0.0716. The predicted molar refractivity (Wildman–Crippen MR) is 123 cm³/mol. The number of aromatic nitrogens is 3. The van der Waals surface area contributed by atoms with Gasteiger partial charge in [0, 0.05) is 18.0 Å². The van der Waals surface area contributed by atoms with Gasteiger partial charge < -0.3 is 14.4 Å². The molecule has 0 saturated heterocycles. The van der Waals surface area contributed by atoms with Crippen molar-refractivity contribution >= 4 is 29.1 Å². The van der Waals surface area contributed by atoms with E-state index in [0.29, 0.717) is 46.0 Å². The molecule has 1 fully saturated rings. The number of amides is 1. The second kappa shape index (κ2) is 9.38. The van der Waals surface area contributed by atoms with E-state index in [1.807, 2.05) is 25.1 Å². The Morgan fingerprint density at radius 1 is 1.16 bits per heavy atom. The van der Waals surface area contributed by atoms with Gasteiger partial charge in [0.15, 0.2) is 0 Å². The van der Waals surface area contributed by atoms with Crippen molar-refractivity contribution in [1.82, 2.24) is 19.7 Å². The molecule has 1 aromatic heterocycles. The molecule has 2 aromatic carbocycles. The molecule has 3 aromatic rings. The summed E-state index contributed by atoms with van der Waals surface area (Å²) in [6, 6.07) is 10.9. The molecule has 1 heterocycles. The van der Waals surface area contributed by atoms with Gasteiger partial charge in [-0.2, -0.15) is 0 Å². The first kappa shape index (κ1) is 22.4. The number of para-hydroxylation sites is 1. The summed E-state index contributed by atoms with van der Waals surface area (Å²) < 4.78 is 12.4. The molecular weight excluding hydrogens is 451 g/mol. The lowest BCUT2D eigenvalue weighted by Gasteiger charge is -2.22. The average molecular weight is 475 g/mol. The number of aryl methyl sites for hydroxylation is 1. The number of methoxy groups -OCH3 is 2. The van der Waals surface area contributed by atoms with Gasteiger partial charge in [-0.05, 0) is 43.2 Å². The van der Waals surface area contributed by atoms with Crippen LogP contribution in [0.3, 0.4) is 0 Å². The highest BCUT2D eigenvalue weighted by atomic mass is 35.5. The fourth-order valence-corrected chi connectivity index (χ4v) is 4.16. The van der Waals surface area contributed by atoms with Crippen molar-refractivity contribution in [2.24, 2.45) is 0 Å². The number of halogens is 2. The number of carbonyl (C=O) groups excluding carboxylic acids is 1. The smallest absolute Gasteiger partial charge is 0.294 e. The molecule has 0 aliphatic heterocycles. The molecule has 0 spiro atoms. The van der Waals surface area contributed by atoms with E-state index < -0.39 is 0 Å². The standard InChI is InChI=1S/C23H24Cl2N4O3/c1-4-20-26-22(27-29(20)21-17(24)6-5-7-18(21)25)23(30)28(15-8-9-15)13-14-12-16(31-2)10-11-19(14)32-3/h5-7,10-12,15H,4,8-9,13H2,1-3H3. The maximum atomic E-state index is 13.5. The van der Waals surface area contributed by atoms with Crippen LogP contribution in [-0.2, 0) is 13.0 Å². The molecule has 1 saturated carbocycles. The largest absolute Gasteiger partial charge is 0.497 e. The normalized spacial score (nSPS) is 13.2. The van der Waals surface area contributed by atoms with Gasteiger partial charge in [0.1, 0.15) is 23.0 Å². The molecule has 1 amide bonds. The fourth-order valence-electron chi connectivity index (χ4n) is 3.60. The van der Waals surface area contributed by atoms with Crippen LogP contribution in [0.5, 0.6) is 11.5 Å². The number of hydrogen-bond donors (Lipinski definition) is 0. The van der Waals surface area contributed by atoms with Crippen LogP contribution in [0.15, 0.2) is 36.4 Å². The van der Waals surface area contributed by atoms with Crippen molar-refractivity contribution in [2.45, 2.75) is 38.8 Å². The van der Waals surface area contributed by atoms with E-state index in [-0.39, 0.29) is 17.8 Å². The van der Waals surface area contributed by atoms with Gasteiger partial charge in [-0.1, -0.05) is 36.2 Å². The van der Waals surface area contributed by atoms with E-state index in [0.717, 1.165) is 18.4 Å². The maximum absolute atomic E-state index is 13.5. The second-order valence-electron chi connectivity index (χ2n) is 7.53. The summed E-state index contributed by atoms with van der Waals surface area (Å²) in [7, 11) is 3.22. The zero-order valence-corrected chi connectivity index (χ0v) is 19.7. The molecular formula is C23H24Cl2N4O3. The minimum atomic E-state index is -0.242. The quantitative estimate of drug-likeness (QED) is 0.461. The summed E-state index contributed by atoms with van der Waals surface area (Å²) in [6.07, 6.45) is 2.44. The van der Waals surface area contributed by atoms with Crippen LogP contribution in [0.2, 0.25) is 10.0 Å². The van der Waals surface area contributed by atoms with Crippen LogP contribution < -0.4 is 9.47 Å². The molecule has 0 N–H and O–H groups in total. The van der Waals surface area contributed by atoms with Crippen LogP contribution in [0.4, 0.5) is 0 Å². The average Bonchev–Trinajstić information content (AvgIpc) is 3.55.